The summed E-state index contributed by atoms with van der Waals surface area (Å²) < 4.78 is 33.1. The van der Waals surface area contributed by atoms with Gasteiger partial charge >= 0.3 is 11.9 Å². The van der Waals surface area contributed by atoms with Gasteiger partial charge in [0.25, 0.3) is 5.69 Å². The predicted molar refractivity (Wildman–Crippen MR) is 90.4 cm³/mol. The number of carboxylic acids is 1. The lowest BCUT2D eigenvalue weighted by Crippen LogP contribution is -2.47. The molecule has 0 heterocycles. The third kappa shape index (κ3) is 4.12. The van der Waals surface area contributed by atoms with Crippen LogP contribution in [0.25, 0.3) is 0 Å². The first-order valence-electron chi connectivity index (χ1n) is 6.93. The Bertz CT molecular complexity index is 859. The number of alkyl halides is 2. The molecule has 0 bridgehead atoms. The van der Waals surface area contributed by atoms with E-state index in [4.69, 9.17) is 0 Å². The summed E-state index contributed by atoms with van der Waals surface area (Å²) in [6.07, 6.45) is -2.51. The zero-order valence-electron chi connectivity index (χ0n) is 12.7. The molecule has 0 fully saturated rings. The summed E-state index contributed by atoms with van der Waals surface area (Å²) in [5.41, 5.74) is -1.53. The van der Waals surface area contributed by atoms with E-state index in [9.17, 15) is 33.6 Å². The summed E-state index contributed by atoms with van der Waals surface area (Å²) in [5.74, 6) is -8.74. The number of rotatable bonds is 6. The molecule has 0 spiro atoms. The monoisotopic (exact) mass is 476 g/mol. The average molecular weight is 476 g/mol. The largest absolute Gasteiger partial charge is 0.544 e. The number of hydrogen-bond donors (Lipinski definition) is 0. The number of ether oxygens (including phenoxy) is 1. The molecule has 2 aromatic rings. The van der Waals surface area contributed by atoms with Crippen LogP contribution in [0.1, 0.15) is 22.0 Å². The number of nitro benzene ring substituents is 1. The summed E-state index contributed by atoms with van der Waals surface area (Å²) in [6, 6.07) is 9.90. The highest BCUT2D eigenvalue weighted by Crippen LogP contribution is 2.36. The molecule has 0 amide bonds. The third-order valence-electron chi connectivity index (χ3n) is 3.31. The molecule has 0 aliphatic carbocycles. The van der Waals surface area contributed by atoms with E-state index in [-0.39, 0.29) is 5.56 Å². The fourth-order valence-corrected chi connectivity index (χ4v) is 2.56. The molecular weight excluding hydrogens is 467 g/mol. The van der Waals surface area contributed by atoms with Gasteiger partial charge in [0.05, 0.1) is 4.92 Å². The molecule has 136 valence electrons. The zero-order chi connectivity index (χ0) is 19.5. The van der Waals surface area contributed by atoms with Gasteiger partial charge in [0, 0.05) is 9.64 Å². The number of hydrogen-bond acceptors (Lipinski definition) is 6. The Balaban J connectivity index is 2.45. The van der Waals surface area contributed by atoms with Gasteiger partial charge in [-0.2, -0.15) is 8.78 Å². The lowest BCUT2D eigenvalue weighted by molar-refractivity contribution is -0.385. The summed E-state index contributed by atoms with van der Waals surface area (Å²) in [4.78, 5) is 33.3. The molecule has 0 aliphatic heterocycles. The van der Waals surface area contributed by atoms with E-state index in [0.717, 1.165) is 24.3 Å². The number of nitrogens with zero attached hydrogens (tertiary/aromatic N) is 1. The van der Waals surface area contributed by atoms with Crippen LogP contribution >= 0.6 is 22.6 Å². The normalized spacial score (nSPS) is 12.3. The molecule has 7 nitrogen and oxygen atoms in total. The predicted octanol–water partition coefficient (Wildman–Crippen LogP) is 2.48. The number of aliphatic carboxylic acids is 1. The van der Waals surface area contributed by atoms with Crippen LogP contribution in [0.4, 0.5) is 14.5 Å². The molecular formula is C16H9F2INO6-. The first kappa shape index (κ1) is 19.7. The van der Waals surface area contributed by atoms with Gasteiger partial charge in [0.15, 0.2) is 6.10 Å². The number of carbonyl (C=O) groups is 2. The Morgan fingerprint density at radius 3 is 2.31 bits per heavy atom. The minimum atomic E-state index is -4.55. The molecule has 1 unspecified atom stereocenters. The SMILES string of the molecule is O=C(OC(c1ccccc1)C(F)(F)C(=O)[O-])c1ccc(I)cc1[N+](=O)[O-]. The van der Waals surface area contributed by atoms with Crippen LogP contribution in [0, 0.1) is 13.7 Å². The molecule has 0 aliphatic rings. The second kappa shape index (κ2) is 7.72. The number of carboxylic acid groups (broad SMARTS) is 1. The molecule has 0 saturated heterocycles. The van der Waals surface area contributed by atoms with Crippen LogP contribution in [0.2, 0.25) is 0 Å². The minimum absolute atomic E-state index is 0.303. The van der Waals surface area contributed by atoms with Gasteiger partial charge in [-0.15, -0.1) is 0 Å². The van der Waals surface area contributed by atoms with Crippen molar-refractivity contribution >= 4 is 40.2 Å². The maximum absolute atomic E-state index is 14.0. The van der Waals surface area contributed by atoms with Crippen molar-refractivity contribution in [3.8, 4) is 0 Å². The highest BCUT2D eigenvalue weighted by Gasteiger charge is 2.46. The molecule has 0 aromatic heterocycles. The molecule has 10 heteroatoms. The average Bonchev–Trinajstić information content (AvgIpc) is 2.59. The number of nitro groups is 1. The van der Waals surface area contributed by atoms with E-state index in [1.54, 1.807) is 22.6 Å². The first-order valence-corrected chi connectivity index (χ1v) is 8.01. The number of benzene rings is 2. The van der Waals surface area contributed by atoms with E-state index >= 15 is 0 Å². The smallest absolute Gasteiger partial charge is 0.346 e. The molecule has 0 radical (unpaired) electrons. The fraction of sp³-hybridized carbons (Fsp3) is 0.125. The van der Waals surface area contributed by atoms with Gasteiger partial charge < -0.3 is 14.6 Å². The highest BCUT2D eigenvalue weighted by molar-refractivity contribution is 14.1. The quantitative estimate of drug-likeness (QED) is 0.274. The fourth-order valence-electron chi connectivity index (χ4n) is 2.09. The number of esters is 1. The second-order valence-corrected chi connectivity index (χ2v) is 6.27. The van der Waals surface area contributed by atoms with Crippen molar-refractivity contribution in [3.05, 3.63) is 73.3 Å². The van der Waals surface area contributed by atoms with Crippen LogP contribution in [-0.4, -0.2) is 22.8 Å². The van der Waals surface area contributed by atoms with Crippen molar-refractivity contribution in [3.63, 3.8) is 0 Å². The van der Waals surface area contributed by atoms with Gasteiger partial charge in [-0.3, -0.25) is 10.1 Å². The van der Waals surface area contributed by atoms with Crippen molar-refractivity contribution in [2.24, 2.45) is 0 Å². The Morgan fingerprint density at radius 1 is 1.15 bits per heavy atom. The summed E-state index contributed by atoms with van der Waals surface area (Å²) in [7, 11) is 0. The van der Waals surface area contributed by atoms with Crippen molar-refractivity contribution in [1.29, 1.82) is 0 Å². The van der Waals surface area contributed by atoms with Crippen LogP contribution in [0.15, 0.2) is 48.5 Å². The molecule has 26 heavy (non-hydrogen) atoms. The summed E-state index contributed by atoms with van der Waals surface area (Å²) in [5, 5.41) is 21.9. The molecule has 0 saturated carbocycles. The van der Waals surface area contributed by atoms with Gasteiger partial charge in [-0.1, -0.05) is 30.3 Å². The number of carbonyl (C=O) groups excluding carboxylic acids is 2. The summed E-state index contributed by atoms with van der Waals surface area (Å²) in [6.45, 7) is 0. The second-order valence-electron chi connectivity index (χ2n) is 5.03. The maximum Gasteiger partial charge on any atom is 0.346 e. The molecule has 2 aromatic carbocycles. The maximum atomic E-state index is 14.0. The topological polar surface area (TPSA) is 110 Å². The van der Waals surface area contributed by atoms with Crippen molar-refractivity contribution < 1.29 is 33.1 Å². The van der Waals surface area contributed by atoms with E-state index in [1.807, 2.05) is 0 Å². The number of halogens is 3. The zero-order valence-corrected chi connectivity index (χ0v) is 14.9. The Labute approximate surface area is 158 Å². The van der Waals surface area contributed by atoms with Crippen molar-refractivity contribution in [2.75, 3.05) is 0 Å². The van der Waals surface area contributed by atoms with Crippen molar-refractivity contribution in [2.45, 2.75) is 12.0 Å². The van der Waals surface area contributed by atoms with Gasteiger partial charge in [0.1, 0.15) is 11.5 Å². The van der Waals surface area contributed by atoms with E-state index in [0.29, 0.717) is 3.57 Å². The van der Waals surface area contributed by atoms with Gasteiger partial charge in [0.2, 0.25) is 0 Å². The lowest BCUT2D eigenvalue weighted by atomic mass is 10.0. The van der Waals surface area contributed by atoms with Crippen LogP contribution in [0.5, 0.6) is 0 Å². The Kier molecular flexibility index (Phi) is 5.85. The van der Waals surface area contributed by atoms with Gasteiger partial charge in [-0.05, 0) is 40.3 Å². The third-order valence-corrected chi connectivity index (χ3v) is 3.98. The van der Waals surface area contributed by atoms with Crippen molar-refractivity contribution in [1.82, 2.24) is 0 Å². The molecule has 2 rings (SSSR count). The molecule has 0 N–H and O–H groups in total. The lowest BCUT2D eigenvalue weighted by Gasteiger charge is -2.27. The van der Waals surface area contributed by atoms with Crippen LogP contribution < -0.4 is 5.11 Å². The van der Waals surface area contributed by atoms with Gasteiger partial charge in [-0.25, -0.2) is 4.79 Å². The minimum Gasteiger partial charge on any atom is -0.544 e. The Morgan fingerprint density at radius 2 is 1.77 bits per heavy atom. The van der Waals surface area contributed by atoms with Crippen LogP contribution in [0.3, 0.4) is 0 Å². The molecule has 1 atom stereocenters. The Hall–Kier alpha value is -2.63. The van der Waals surface area contributed by atoms with Crippen LogP contribution in [-0.2, 0) is 9.53 Å². The standard InChI is InChI=1S/C16H10F2INO6/c17-16(18,15(22)23)13(9-4-2-1-3-5-9)26-14(21)11-7-6-10(19)8-12(11)20(24)25/h1-8,13H,(H,22,23)/p-1. The highest BCUT2D eigenvalue weighted by atomic mass is 127. The first-order chi connectivity index (χ1) is 12.1. The van der Waals surface area contributed by atoms with E-state index < -0.39 is 40.1 Å². The van der Waals surface area contributed by atoms with E-state index in [1.165, 1.54) is 24.3 Å². The summed E-state index contributed by atoms with van der Waals surface area (Å²) >= 11 is 1.77. The van der Waals surface area contributed by atoms with E-state index in [2.05, 4.69) is 4.74 Å².